The molecule has 0 unspecified atom stereocenters. The molecule has 0 fully saturated rings. The van der Waals surface area contributed by atoms with Gasteiger partial charge in [0.2, 0.25) is 0 Å². The summed E-state index contributed by atoms with van der Waals surface area (Å²) in [6.45, 7) is 5.67. The van der Waals surface area contributed by atoms with Crippen molar-refractivity contribution < 1.29 is 29.2 Å². The van der Waals surface area contributed by atoms with Crippen molar-refractivity contribution in [3.8, 4) is 24.0 Å². The van der Waals surface area contributed by atoms with Gasteiger partial charge in [-0.25, -0.2) is 0 Å². The Morgan fingerprint density at radius 1 is 0.577 bits per heavy atom. The number of nitrogens with two attached hydrogens (primary N) is 2. The van der Waals surface area contributed by atoms with Crippen molar-refractivity contribution in [1.29, 1.82) is 0 Å². The van der Waals surface area contributed by atoms with Crippen LogP contribution in [0.2, 0.25) is 0 Å². The highest BCUT2D eigenvalue weighted by Crippen LogP contribution is 2.27. The van der Waals surface area contributed by atoms with E-state index in [1.165, 1.54) is 14.2 Å². The molecule has 0 spiro atoms. The van der Waals surface area contributed by atoms with Gasteiger partial charge in [-0.2, -0.15) is 29.9 Å². The number of hydrogen-bond acceptors (Lipinski definition) is 16. The van der Waals surface area contributed by atoms with E-state index in [0.29, 0.717) is 72.0 Å². The summed E-state index contributed by atoms with van der Waals surface area (Å²) in [7, 11) is 3.05. The van der Waals surface area contributed by atoms with E-state index in [9.17, 15) is 10.2 Å². The molecule has 276 valence electrons. The van der Waals surface area contributed by atoms with Crippen LogP contribution in [-0.2, 0) is 26.3 Å². The Labute approximate surface area is 299 Å². The van der Waals surface area contributed by atoms with Crippen LogP contribution < -0.4 is 30.4 Å². The predicted octanol–water partition coefficient (Wildman–Crippen LogP) is 3.06. The van der Waals surface area contributed by atoms with Gasteiger partial charge in [-0.1, -0.05) is 38.8 Å². The number of rotatable bonds is 16. The van der Waals surface area contributed by atoms with Gasteiger partial charge in [0.1, 0.15) is 0 Å². The SMILES string of the molecule is CCCCOc1nc(N)c2nc(OC)n(Cc3cccc(CO)n3)c2n1.CCCCOc1nc(N)c2nc(OC)n(Cc3cccc(CO)n3)c2n1. The zero-order valence-corrected chi connectivity index (χ0v) is 29.7. The molecule has 0 atom stereocenters. The third kappa shape index (κ3) is 8.88. The van der Waals surface area contributed by atoms with Crippen LogP contribution in [-0.4, -0.2) is 86.7 Å². The van der Waals surface area contributed by atoms with Gasteiger partial charge >= 0.3 is 12.0 Å². The Balaban J connectivity index is 0.000000201. The molecule has 6 rings (SSSR count). The minimum atomic E-state index is -0.125. The summed E-state index contributed by atoms with van der Waals surface area (Å²) in [4.78, 5) is 34.7. The van der Waals surface area contributed by atoms with Crippen LogP contribution in [0.3, 0.4) is 0 Å². The van der Waals surface area contributed by atoms with E-state index in [1.807, 2.05) is 24.3 Å². The molecule has 52 heavy (non-hydrogen) atoms. The van der Waals surface area contributed by atoms with Gasteiger partial charge in [0, 0.05) is 0 Å². The fourth-order valence-electron chi connectivity index (χ4n) is 5.04. The number of imidazole rings is 2. The number of aliphatic hydroxyl groups is 2. The van der Waals surface area contributed by atoms with Crippen LogP contribution in [0.25, 0.3) is 22.3 Å². The zero-order chi connectivity index (χ0) is 37.0. The lowest BCUT2D eigenvalue weighted by molar-refractivity contribution is 0.276. The van der Waals surface area contributed by atoms with Gasteiger partial charge in [0.15, 0.2) is 34.0 Å². The van der Waals surface area contributed by atoms with Crippen molar-refractivity contribution >= 4 is 34.0 Å². The first-order valence-electron chi connectivity index (χ1n) is 16.8. The lowest BCUT2D eigenvalue weighted by Gasteiger charge is -2.09. The van der Waals surface area contributed by atoms with E-state index in [-0.39, 0.29) is 36.9 Å². The summed E-state index contributed by atoms with van der Waals surface area (Å²) in [5, 5.41) is 18.6. The van der Waals surface area contributed by atoms with Crippen LogP contribution in [0.1, 0.15) is 62.3 Å². The molecule has 0 bridgehead atoms. The molecular formula is C34H44N12O6. The summed E-state index contributed by atoms with van der Waals surface area (Å²) in [5.74, 6) is 0.464. The van der Waals surface area contributed by atoms with Crippen LogP contribution >= 0.6 is 0 Å². The first kappa shape index (κ1) is 37.4. The highest BCUT2D eigenvalue weighted by molar-refractivity contribution is 5.84. The van der Waals surface area contributed by atoms with Crippen LogP contribution in [0, 0.1) is 0 Å². The smallest absolute Gasteiger partial charge is 0.320 e. The maximum absolute atomic E-state index is 9.28. The molecule has 0 amide bonds. The largest absolute Gasteiger partial charge is 0.468 e. The molecule has 0 aliphatic carbocycles. The minimum absolute atomic E-state index is 0.125. The standard InChI is InChI=1S/2C17H22N6O3/c2*1-3-4-8-26-16-21-14(18)13-15(22-16)23(17(20-13)25-2)9-11-6-5-7-12(10-24)19-11/h2*5-7,24H,3-4,8-10H2,1-2H3,(H2,18,21,22). The highest BCUT2D eigenvalue weighted by Gasteiger charge is 2.20. The molecule has 18 nitrogen and oxygen atoms in total. The summed E-state index contributed by atoms with van der Waals surface area (Å²) in [6, 6.07) is 12.0. The number of pyridine rings is 2. The first-order valence-corrected chi connectivity index (χ1v) is 16.8. The number of ether oxygens (including phenoxy) is 4. The maximum atomic E-state index is 9.28. The van der Waals surface area contributed by atoms with Crippen molar-refractivity contribution in [2.24, 2.45) is 0 Å². The van der Waals surface area contributed by atoms with E-state index in [4.69, 9.17) is 30.4 Å². The second kappa shape index (κ2) is 17.9. The number of unbranched alkanes of at least 4 members (excludes halogenated alkanes) is 2. The molecule has 0 aromatic carbocycles. The Morgan fingerprint density at radius 2 is 0.981 bits per heavy atom. The van der Waals surface area contributed by atoms with E-state index in [2.05, 4.69) is 53.7 Å². The summed E-state index contributed by atoms with van der Waals surface area (Å²) in [5.41, 5.74) is 16.6. The quantitative estimate of drug-likeness (QED) is 0.105. The van der Waals surface area contributed by atoms with Crippen LogP contribution in [0.15, 0.2) is 36.4 Å². The average molecular weight is 717 g/mol. The van der Waals surface area contributed by atoms with E-state index in [0.717, 1.165) is 37.1 Å². The molecule has 0 saturated carbocycles. The number of aromatic nitrogens is 10. The van der Waals surface area contributed by atoms with Crippen LogP contribution in [0.4, 0.5) is 11.6 Å². The summed E-state index contributed by atoms with van der Waals surface area (Å²) >= 11 is 0. The van der Waals surface area contributed by atoms with Gasteiger partial charge in [-0.05, 0) is 37.1 Å². The Bertz CT molecular complexity index is 1940. The van der Waals surface area contributed by atoms with Crippen molar-refractivity contribution in [2.75, 3.05) is 38.9 Å². The topological polar surface area (TPSA) is 242 Å². The monoisotopic (exact) mass is 716 g/mol. The fourth-order valence-corrected chi connectivity index (χ4v) is 5.04. The van der Waals surface area contributed by atoms with Gasteiger partial charge in [0.25, 0.3) is 12.0 Å². The Morgan fingerprint density at radius 3 is 1.35 bits per heavy atom. The molecule has 6 aromatic rings. The van der Waals surface area contributed by atoms with Crippen molar-refractivity contribution in [3.63, 3.8) is 0 Å². The predicted molar refractivity (Wildman–Crippen MR) is 192 cm³/mol. The van der Waals surface area contributed by atoms with Gasteiger partial charge in [-0.3, -0.25) is 19.1 Å². The third-order valence-electron chi connectivity index (χ3n) is 7.65. The number of nitrogens with zero attached hydrogens (tertiary/aromatic N) is 10. The minimum Gasteiger partial charge on any atom is -0.468 e. The lowest BCUT2D eigenvalue weighted by Crippen LogP contribution is -2.08. The fraction of sp³-hybridized carbons (Fsp3) is 0.412. The molecule has 0 saturated heterocycles. The normalized spacial score (nSPS) is 11.0. The van der Waals surface area contributed by atoms with E-state index in [1.54, 1.807) is 21.3 Å². The first-order chi connectivity index (χ1) is 25.3. The third-order valence-corrected chi connectivity index (χ3v) is 7.65. The molecule has 6 heterocycles. The maximum Gasteiger partial charge on any atom is 0.320 e. The Kier molecular flexibility index (Phi) is 12.8. The van der Waals surface area contributed by atoms with Crippen LogP contribution in [0.5, 0.6) is 24.0 Å². The number of aliphatic hydroxyl groups excluding tert-OH is 2. The van der Waals surface area contributed by atoms with Crippen molar-refractivity contribution in [3.05, 3.63) is 59.2 Å². The number of nitrogen functional groups attached to an aromatic ring is 2. The van der Waals surface area contributed by atoms with Crippen molar-refractivity contribution in [2.45, 2.75) is 65.8 Å². The molecule has 6 N–H and O–H groups in total. The number of anilines is 2. The average Bonchev–Trinajstić information content (AvgIpc) is 3.70. The Hall–Kier alpha value is -5.88. The lowest BCUT2D eigenvalue weighted by atomic mass is 10.3. The zero-order valence-electron chi connectivity index (χ0n) is 29.7. The van der Waals surface area contributed by atoms with Crippen molar-refractivity contribution in [1.82, 2.24) is 49.0 Å². The number of hydrogen-bond donors (Lipinski definition) is 4. The molecule has 6 aromatic heterocycles. The summed E-state index contributed by atoms with van der Waals surface area (Å²) in [6.07, 6.45) is 3.83. The van der Waals surface area contributed by atoms with E-state index < -0.39 is 0 Å². The van der Waals surface area contributed by atoms with Gasteiger partial charge in [0.05, 0.1) is 76.5 Å². The molecule has 18 heteroatoms. The second-order valence-electron chi connectivity index (χ2n) is 11.5. The molecule has 0 aliphatic rings. The summed E-state index contributed by atoms with van der Waals surface area (Å²) < 4.78 is 25.4. The van der Waals surface area contributed by atoms with Gasteiger partial charge in [-0.15, -0.1) is 0 Å². The van der Waals surface area contributed by atoms with Gasteiger partial charge < -0.3 is 40.6 Å². The highest BCUT2D eigenvalue weighted by atomic mass is 16.5. The molecule has 0 aliphatic heterocycles. The number of fused-ring (bicyclic) bond motifs is 2. The molecule has 0 radical (unpaired) electrons. The van der Waals surface area contributed by atoms with E-state index >= 15 is 0 Å². The second-order valence-corrected chi connectivity index (χ2v) is 11.5. The number of methoxy groups -OCH3 is 2. The molecular weight excluding hydrogens is 672 g/mol.